The maximum absolute atomic E-state index is 12.6. The van der Waals surface area contributed by atoms with Crippen LogP contribution in [0.1, 0.15) is 16.9 Å². The van der Waals surface area contributed by atoms with Crippen LogP contribution in [0.4, 0.5) is 5.69 Å². The van der Waals surface area contributed by atoms with Crippen LogP contribution in [0.5, 0.6) is 0 Å². The number of hydrogen-bond acceptors (Lipinski definition) is 3. The summed E-state index contributed by atoms with van der Waals surface area (Å²) in [5.74, 6) is -0.136. The predicted molar refractivity (Wildman–Crippen MR) is 108 cm³/mol. The second kappa shape index (κ2) is 8.49. The molecule has 0 saturated carbocycles. The van der Waals surface area contributed by atoms with E-state index in [0.29, 0.717) is 17.0 Å². The summed E-state index contributed by atoms with van der Waals surface area (Å²) >= 11 is 5.32. The molecule has 0 atom stereocenters. The van der Waals surface area contributed by atoms with Gasteiger partial charge in [-0.3, -0.25) is 9.36 Å². The van der Waals surface area contributed by atoms with E-state index in [1.54, 1.807) is 10.8 Å². The van der Waals surface area contributed by atoms with Gasteiger partial charge in [0, 0.05) is 37.7 Å². The first kappa shape index (κ1) is 17.9. The van der Waals surface area contributed by atoms with Gasteiger partial charge in [-0.15, -0.1) is 0 Å². The van der Waals surface area contributed by atoms with Crippen molar-refractivity contribution in [3.8, 4) is 5.69 Å². The Hall–Kier alpha value is -2.86. The molecule has 3 rings (SSSR count). The molecule has 1 heterocycles. The van der Waals surface area contributed by atoms with Crippen molar-refractivity contribution in [2.45, 2.75) is 6.42 Å². The predicted octanol–water partition coefficient (Wildman–Crippen LogP) is 3.79. The lowest BCUT2D eigenvalue weighted by Gasteiger charge is -2.19. The van der Waals surface area contributed by atoms with E-state index in [9.17, 15) is 4.79 Å². The number of nitrogens with one attached hydrogen (secondary N) is 2. The number of benzene rings is 2. The number of carbonyl (C=O) groups excluding carboxylic acids is 1. The fraction of sp³-hybridized carbons (Fsp3) is 0.200. The van der Waals surface area contributed by atoms with Crippen molar-refractivity contribution in [1.82, 2.24) is 14.9 Å². The van der Waals surface area contributed by atoms with E-state index in [0.717, 1.165) is 18.7 Å². The summed E-state index contributed by atoms with van der Waals surface area (Å²) in [6, 6.07) is 19.8. The highest BCUT2D eigenvalue weighted by atomic mass is 32.1. The van der Waals surface area contributed by atoms with E-state index in [4.69, 9.17) is 12.2 Å². The normalized spacial score (nSPS) is 10.5. The van der Waals surface area contributed by atoms with Crippen molar-refractivity contribution in [2.75, 3.05) is 25.0 Å². The molecule has 1 aromatic heterocycles. The molecule has 0 aliphatic carbocycles. The summed E-state index contributed by atoms with van der Waals surface area (Å²) in [5, 5.41) is 2.98. The van der Waals surface area contributed by atoms with Crippen LogP contribution in [0.3, 0.4) is 0 Å². The van der Waals surface area contributed by atoms with Crippen LogP contribution in [-0.2, 0) is 0 Å². The van der Waals surface area contributed by atoms with E-state index in [2.05, 4.69) is 34.4 Å². The molecule has 1 amide bonds. The standard InChI is InChI=1S/C20H22N4OS/c1-23(16-9-4-2-5-10-16)14-8-13-21-19(25)18-15-22-20(26)24(18)17-11-6-3-7-12-17/h2-7,9-12,15H,8,13-14H2,1H3,(H,21,25)(H,22,26). The number of imidazole rings is 1. The highest BCUT2D eigenvalue weighted by molar-refractivity contribution is 7.71. The van der Waals surface area contributed by atoms with Crippen LogP contribution in [0.25, 0.3) is 5.69 Å². The van der Waals surface area contributed by atoms with Gasteiger partial charge in [-0.1, -0.05) is 36.4 Å². The second-order valence-corrected chi connectivity index (χ2v) is 6.40. The highest BCUT2D eigenvalue weighted by Gasteiger charge is 2.13. The zero-order valence-corrected chi connectivity index (χ0v) is 15.5. The molecule has 0 aliphatic heterocycles. The molecule has 2 N–H and O–H groups in total. The van der Waals surface area contributed by atoms with Crippen LogP contribution in [0.15, 0.2) is 66.9 Å². The molecule has 0 unspecified atom stereocenters. The van der Waals surface area contributed by atoms with Gasteiger partial charge in [0.2, 0.25) is 0 Å². The number of aromatic nitrogens is 2. The lowest BCUT2D eigenvalue weighted by Crippen LogP contribution is -2.29. The van der Waals surface area contributed by atoms with E-state index in [-0.39, 0.29) is 5.91 Å². The maximum Gasteiger partial charge on any atom is 0.269 e. The zero-order valence-electron chi connectivity index (χ0n) is 14.7. The van der Waals surface area contributed by atoms with Crippen LogP contribution >= 0.6 is 12.2 Å². The minimum absolute atomic E-state index is 0.136. The summed E-state index contributed by atoms with van der Waals surface area (Å²) in [4.78, 5) is 17.7. The number of aromatic amines is 1. The number of hydrogen-bond donors (Lipinski definition) is 2. The first-order chi connectivity index (χ1) is 12.7. The fourth-order valence-corrected chi connectivity index (χ4v) is 3.05. The van der Waals surface area contributed by atoms with Crippen molar-refractivity contribution >= 4 is 23.8 Å². The lowest BCUT2D eigenvalue weighted by molar-refractivity contribution is 0.0946. The molecule has 6 heteroatoms. The molecule has 0 radical (unpaired) electrons. The monoisotopic (exact) mass is 366 g/mol. The number of nitrogens with zero attached hydrogens (tertiary/aromatic N) is 2. The van der Waals surface area contributed by atoms with Gasteiger partial charge in [-0.25, -0.2) is 0 Å². The first-order valence-corrected chi connectivity index (χ1v) is 8.98. The van der Waals surface area contributed by atoms with Gasteiger partial charge in [-0.2, -0.15) is 0 Å². The van der Waals surface area contributed by atoms with Crippen molar-refractivity contribution in [1.29, 1.82) is 0 Å². The van der Waals surface area contributed by atoms with Crippen LogP contribution in [-0.4, -0.2) is 35.6 Å². The summed E-state index contributed by atoms with van der Waals surface area (Å²) in [5.41, 5.74) is 2.55. The summed E-state index contributed by atoms with van der Waals surface area (Å²) in [7, 11) is 2.05. The van der Waals surface area contributed by atoms with E-state index < -0.39 is 0 Å². The van der Waals surface area contributed by atoms with Crippen molar-refractivity contribution < 1.29 is 4.79 Å². The SMILES string of the molecule is CN(CCCNC(=O)c1c[nH]c(=S)n1-c1ccccc1)c1ccccc1. The molecular formula is C20H22N4OS. The van der Waals surface area contributed by atoms with E-state index in [1.165, 1.54) is 5.69 Å². The Bertz CT molecular complexity index is 902. The molecule has 0 spiro atoms. The van der Waals surface area contributed by atoms with Crippen molar-refractivity contribution in [3.63, 3.8) is 0 Å². The Morgan fingerprint density at radius 1 is 1.12 bits per heavy atom. The third-order valence-electron chi connectivity index (χ3n) is 4.18. The molecule has 3 aromatic rings. The average molecular weight is 366 g/mol. The van der Waals surface area contributed by atoms with Crippen molar-refractivity contribution in [2.24, 2.45) is 0 Å². The molecule has 0 aliphatic rings. The third kappa shape index (κ3) is 4.21. The van der Waals surface area contributed by atoms with Gasteiger partial charge in [-0.05, 0) is 42.9 Å². The Morgan fingerprint density at radius 2 is 1.77 bits per heavy atom. The fourth-order valence-electron chi connectivity index (χ4n) is 2.79. The molecule has 26 heavy (non-hydrogen) atoms. The zero-order chi connectivity index (χ0) is 18.4. The third-order valence-corrected chi connectivity index (χ3v) is 4.48. The molecule has 0 bridgehead atoms. The topological polar surface area (TPSA) is 53.1 Å². The minimum Gasteiger partial charge on any atom is -0.375 e. The van der Waals surface area contributed by atoms with Crippen LogP contribution in [0, 0.1) is 4.77 Å². The Balaban J connectivity index is 1.57. The first-order valence-electron chi connectivity index (χ1n) is 8.57. The molecule has 2 aromatic carbocycles. The van der Waals surface area contributed by atoms with Crippen LogP contribution in [0.2, 0.25) is 0 Å². The Labute approximate surface area is 158 Å². The van der Waals surface area contributed by atoms with Crippen LogP contribution < -0.4 is 10.2 Å². The Kier molecular flexibility index (Phi) is 5.86. The average Bonchev–Trinajstić information content (AvgIpc) is 3.08. The van der Waals surface area contributed by atoms with E-state index in [1.807, 2.05) is 48.5 Å². The van der Waals surface area contributed by atoms with Gasteiger partial charge in [0.15, 0.2) is 4.77 Å². The minimum atomic E-state index is -0.136. The number of para-hydroxylation sites is 2. The quantitative estimate of drug-likeness (QED) is 0.494. The molecule has 0 saturated heterocycles. The molecular weight excluding hydrogens is 344 g/mol. The molecule has 0 fully saturated rings. The number of anilines is 1. The van der Waals surface area contributed by atoms with Gasteiger partial charge in [0.1, 0.15) is 5.69 Å². The van der Waals surface area contributed by atoms with E-state index >= 15 is 0 Å². The van der Waals surface area contributed by atoms with Gasteiger partial charge in [0.05, 0.1) is 0 Å². The second-order valence-electron chi connectivity index (χ2n) is 6.02. The summed E-state index contributed by atoms with van der Waals surface area (Å²) in [6.07, 6.45) is 2.51. The van der Waals surface area contributed by atoms with Gasteiger partial charge >= 0.3 is 0 Å². The molecule has 134 valence electrons. The lowest BCUT2D eigenvalue weighted by atomic mass is 10.3. The number of amides is 1. The van der Waals surface area contributed by atoms with Gasteiger partial charge in [0.25, 0.3) is 5.91 Å². The highest BCUT2D eigenvalue weighted by Crippen LogP contribution is 2.13. The largest absolute Gasteiger partial charge is 0.375 e. The summed E-state index contributed by atoms with van der Waals surface area (Å²) in [6.45, 7) is 1.46. The molecule has 5 nitrogen and oxygen atoms in total. The smallest absolute Gasteiger partial charge is 0.269 e. The number of H-pyrrole nitrogens is 1. The number of rotatable bonds is 7. The Morgan fingerprint density at radius 3 is 2.46 bits per heavy atom. The summed E-state index contributed by atoms with van der Waals surface area (Å²) < 4.78 is 2.26. The maximum atomic E-state index is 12.6. The van der Waals surface area contributed by atoms with Gasteiger partial charge < -0.3 is 15.2 Å². The van der Waals surface area contributed by atoms with Crippen molar-refractivity contribution in [3.05, 3.63) is 77.3 Å². The number of carbonyl (C=O) groups is 1.